The van der Waals surface area contributed by atoms with E-state index < -0.39 is 21.9 Å². The van der Waals surface area contributed by atoms with Crippen molar-refractivity contribution < 1.29 is 22.7 Å². The molecule has 0 radical (unpaired) electrons. The van der Waals surface area contributed by atoms with Gasteiger partial charge in [0.15, 0.2) is 15.9 Å². The summed E-state index contributed by atoms with van der Waals surface area (Å²) in [6, 6.07) is 1.42. The van der Waals surface area contributed by atoms with Crippen LogP contribution in [0.2, 0.25) is 0 Å². The molecule has 0 unspecified atom stereocenters. The minimum absolute atomic E-state index is 0.0178. The van der Waals surface area contributed by atoms with Crippen LogP contribution in [-0.4, -0.2) is 55.4 Å². The van der Waals surface area contributed by atoms with Gasteiger partial charge in [-0.1, -0.05) is 0 Å². The number of esters is 1. The molecule has 0 spiro atoms. The minimum atomic E-state index is -3.08. The molecule has 0 aliphatic carbocycles. The molecular weight excluding hydrogens is 350 g/mol. The van der Waals surface area contributed by atoms with Crippen molar-refractivity contribution in [3.8, 4) is 0 Å². The number of hydrogen-bond acceptors (Lipinski definition) is 6. The first kappa shape index (κ1) is 18.9. The second-order valence-electron chi connectivity index (χ2n) is 6.06. The lowest BCUT2D eigenvalue weighted by Gasteiger charge is -2.29. The fourth-order valence-corrected chi connectivity index (χ4v) is 5.60. The minimum Gasteiger partial charge on any atom is -0.449 e. The van der Waals surface area contributed by atoms with Gasteiger partial charge in [0.05, 0.1) is 17.1 Å². The molecule has 0 bridgehead atoms. The molecular formula is C16H23NO5S2. The van der Waals surface area contributed by atoms with Gasteiger partial charge in [-0.05, 0) is 40.2 Å². The monoisotopic (exact) mass is 373 g/mol. The van der Waals surface area contributed by atoms with E-state index in [0.29, 0.717) is 18.5 Å². The van der Waals surface area contributed by atoms with Gasteiger partial charge < -0.3 is 9.64 Å². The standard InChI is InChI=1S/C16H23NO5S2/c1-5-17(13-6-7-24(20,21)9-13)15(18)11(3)22-16(19)14-8-10(2)23-12(14)4/h8,11,13H,5-7,9H2,1-4H3/t11-,13+/m1/s1. The summed E-state index contributed by atoms with van der Waals surface area (Å²) in [6.07, 6.45) is -0.508. The molecule has 1 aromatic heterocycles. The summed E-state index contributed by atoms with van der Waals surface area (Å²) in [5.74, 6) is -0.788. The maximum atomic E-state index is 12.6. The molecule has 24 heavy (non-hydrogen) atoms. The maximum Gasteiger partial charge on any atom is 0.340 e. The molecule has 2 heterocycles. The molecule has 6 nitrogen and oxygen atoms in total. The van der Waals surface area contributed by atoms with Crippen molar-refractivity contribution in [2.24, 2.45) is 0 Å². The third-order valence-electron chi connectivity index (χ3n) is 4.17. The van der Waals surface area contributed by atoms with Crippen LogP contribution in [0.1, 0.15) is 40.4 Å². The fourth-order valence-electron chi connectivity index (χ4n) is 2.96. The quantitative estimate of drug-likeness (QED) is 0.737. The lowest BCUT2D eigenvalue weighted by molar-refractivity contribution is -0.141. The van der Waals surface area contributed by atoms with E-state index in [9.17, 15) is 18.0 Å². The van der Waals surface area contributed by atoms with Gasteiger partial charge in [0.2, 0.25) is 0 Å². The van der Waals surface area contributed by atoms with Crippen molar-refractivity contribution in [2.45, 2.75) is 46.3 Å². The van der Waals surface area contributed by atoms with E-state index >= 15 is 0 Å². The molecule has 0 aromatic carbocycles. The molecule has 1 amide bonds. The molecule has 8 heteroatoms. The van der Waals surface area contributed by atoms with Crippen molar-refractivity contribution in [3.63, 3.8) is 0 Å². The number of carbonyl (C=O) groups excluding carboxylic acids is 2. The van der Waals surface area contributed by atoms with Crippen molar-refractivity contribution in [3.05, 3.63) is 21.4 Å². The maximum absolute atomic E-state index is 12.6. The molecule has 1 saturated heterocycles. The Kier molecular flexibility index (Phi) is 5.70. The van der Waals surface area contributed by atoms with Gasteiger partial charge in [-0.15, -0.1) is 11.3 Å². The van der Waals surface area contributed by atoms with E-state index in [2.05, 4.69) is 0 Å². The first-order valence-corrected chi connectivity index (χ1v) is 10.6. The van der Waals surface area contributed by atoms with Crippen molar-refractivity contribution in [1.82, 2.24) is 4.90 Å². The fraction of sp³-hybridized carbons (Fsp3) is 0.625. The summed E-state index contributed by atoms with van der Waals surface area (Å²) in [7, 11) is -3.08. The SMILES string of the molecule is CCN(C(=O)[C@@H](C)OC(=O)c1cc(C)sc1C)[C@H]1CCS(=O)(=O)C1. The Balaban J connectivity index is 2.05. The van der Waals surface area contributed by atoms with Crippen LogP contribution in [0.25, 0.3) is 0 Å². The molecule has 1 fully saturated rings. The zero-order chi connectivity index (χ0) is 18.1. The predicted molar refractivity (Wildman–Crippen MR) is 93.1 cm³/mol. The largest absolute Gasteiger partial charge is 0.449 e. The number of rotatable bonds is 5. The van der Waals surface area contributed by atoms with Gasteiger partial charge >= 0.3 is 5.97 Å². The molecule has 0 saturated carbocycles. The van der Waals surface area contributed by atoms with Crippen LogP contribution >= 0.6 is 11.3 Å². The molecule has 1 aliphatic heterocycles. The number of amides is 1. The summed E-state index contributed by atoms with van der Waals surface area (Å²) in [4.78, 5) is 28.2. The highest BCUT2D eigenvalue weighted by atomic mass is 32.2. The number of carbonyl (C=O) groups is 2. The highest BCUT2D eigenvalue weighted by Crippen LogP contribution is 2.23. The average Bonchev–Trinajstić information content (AvgIpc) is 3.01. The number of hydrogen-bond donors (Lipinski definition) is 0. The second kappa shape index (κ2) is 7.23. The van der Waals surface area contributed by atoms with E-state index in [4.69, 9.17) is 4.74 Å². The third kappa shape index (κ3) is 4.16. The molecule has 134 valence electrons. The Bertz CT molecular complexity index is 738. The van der Waals surface area contributed by atoms with Crippen LogP contribution in [0.5, 0.6) is 0 Å². The van der Waals surface area contributed by atoms with E-state index in [1.807, 2.05) is 13.8 Å². The Morgan fingerprint density at radius 1 is 1.42 bits per heavy atom. The Hall–Kier alpha value is -1.41. The van der Waals surface area contributed by atoms with Crippen LogP contribution in [0.3, 0.4) is 0 Å². The number of likely N-dealkylation sites (N-methyl/N-ethyl adjacent to an activating group) is 1. The molecule has 2 atom stereocenters. The predicted octanol–water partition coefficient (Wildman–Crippen LogP) is 1.95. The zero-order valence-corrected chi connectivity index (χ0v) is 16.0. The van der Waals surface area contributed by atoms with Crippen LogP contribution < -0.4 is 0 Å². The number of nitrogens with zero attached hydrogens (tertiary/aromatic N) is 1. The number of ether oxygens (including phenoxy) is 1. The van der Waals surface area contributed by atoms with Gasteiger partial charge in [0.1, 0.15) is 0 Å². The van der Waals surface area contributed by atoms with Crippen molar-refractivity contribution in [2.75, 3.05) is 18.1 Å². The summed E-state index contributed by atoms with van der Waals surface area (Å²) < 4.78 is 28.6. The average molecular weight is 373 g/mol. The number of thiophene rings is 1. The lowest BCUT2D eigenvalue weighted by atomic mass is 10.2. The summed E-state index contributed by atoms with van der Waals surface area (Å²) >= 11 is 1.50. The Morgan fingerprint density at radius 2 is 2.08 bits per heavy atom. The number of sulfone groups is 1. The van der Waals surface area contributed by atoms with Gasteiger partial charge in [0.25, 0.3) is 5.91 Å². The van der Waals surface area contributed by atoms with E-state index in [1.165, 1.54) is 23.2 Å². The van der Waals surface area contributed by atoms with Crippen LogP contribution in [0.4, 0.5) is 0 Å². The second-order valence-corrected chi connectivity index (χ2v) is 9.74. The highest BCUT2D eigenvalue weighted by molar-refractivity contribution is 7.91. The topological polar surface area (TPSA) is 80.8 Å². The first-order chi connectivity index (χ1) is 11.1. The third-order valence-corrected chi connectivity index (χ3v) is 6.88. The van der Waals surface area contributed by atoms with E-state index in [0.717, 1.165) is 9.75 Å². The van der Waals surface area contributed by atoms with Gasteiger partial charge in [-0.3, -0.25) is 4.79 Å². The van der Waals surface area contributed by atoms with Gasteiger partial charge in [0, 0.05) is 22.3 Å². The Labute approximate surface area is 146 Å². The Morgan fingerprint density at radius 3 is 2.54 bits per heavy atom. The van der Waals surface area contributed by atoms with Crippen molar-refractivity contribution in [1.29, 1.82) is 0 Å². The van der Waals surface area contributed by atoms with E-state index in [-0.39, 0.29) is 23.5 Å². The van der Waals surface area contributed by atoms with Gasteiger partial charge in [-0.2, -0.15) is 0 Å². The normalized spacial score (nSPS) is 20.6. The molecule has 0 N–H and O–H groups in total. The summed E-state index contributed by atoms with van der Waals surface area (Å²) in [5, 5.41) is 0. The molecule has 2 rings (SSSR count). The first-order valence-electron chi connectivity index (χ1n) is 7.93. The highest BCUT2D eigenvalue weighted by Gasteiger charge is 2.36. The zero-order valence-electron chi connectivity index (χ0n) is 14.4. The molecule has 1 aromatic rings. The smallest absolute Gasteiger partial charge is 0.340 e. The summed E-state index contributed by atoms with van der Waals surface area (Å²) in [6.45, 7) is 7.45. The van der Waals surface area contributed by atoms with Crippen LogP contribution in [0.15, 0.2) is 6.07 Å². The summed E-state index contributed by atoms with van der Waals surface area (Å²) in [5.41, 5.74) is 0.476. The lowest BCUT2D eigenvalue weighted by Crippen LogP contribution is -2.46. The van der Waals surface area contributed by atoms with Crippen molar-refractivity contribution >= 4 is 33.1 Å². The van der Waals surface area contributed by atoms with Crippen LogP contribution in [0, 0.1) is 13.8 Å². The van der Waals surface area contributed by atoms with Gasteiger partial charge in [-0.25, -0.2) is 13.2 Å². The molecule has 1 aliphatic rings. The number of aryl methyl sites for hydroxylation is 2. The van der Waals surface area contributed by atoms with E-state index in [1.54, 1.807) is 13.0 Å². The van der Waals surface area contributed by atoms with Crippen LogP contribution in [-0.2, 0) is 19.4 Å².